The van der Waals surface area contributed by atoms with E-state index >= 15 is 0 Å². The van der Waals surface area contributed by atoms with E-state index in [1.54, 1.807) is 0 Å². The molecule has 0 radical (unpaired) electrons. The van der Waals surface area contributed by atoms with Crippen LogP contribution in [-0.4, -0.2) is 35.3 Å². The molecule has 170 valence electrons. The monoisotopic (exact) mass is 456 g/mol. The Morgan fingerprint density at radius 2 is 2.03 bits per heavy atom. The van der Waals surface area contributed by atoms with Crippen LogP contribution in [0.25, 0.3) is 11.0 Å². The molecule has 1 aliphatic heterocycles. The molecule has 3 heterocycles. The SMILES string of the molecule is O=C(NC[C@H]1CCCO1)Nc1cc(F)c(Oc2ccnc3[nH]cc(C(F)(F)F)c23)c(F)c1. The minimum absolute atomic E-state index is 0.114. The summed E-state index contributed by atoms with van der Waals surface area (Å²) in [5.74, 6) is -3.78. The van der Waals surface area contributed by atoms with Gasteiger partial charge in [0, 0.05) is 43.4 Å². The number of benzene rings is 1. The molecular weight excluding hydrogens is 439 g/mol. The second-order valence-electron chi connectivity index (χ2n) is 7.07. The van der Waals surface area contributed by atoms with Gasteiger partial charge in [-0.1, -0.05) is 0 Å². The van der Waals surface area contributed by atoms with Gasteiger partial charge in [0.05, 0.1) is 17.1 Å². The van der Waals surface area contributed by atoms with E-state index in [1.807, 2.05) is 0 Å². The van der Waals surface area contributed by atoms with Gasteiger partial charge in [-0.2, -0.15) is 13.2 Å². The highest BCUT2D eigenvalue weighted by atomic mass is 19.4. The summed E-state index contributed by atoms with van der Waals surface area (Å²) < 4.78 is 79.4. The van der Waals surface area contributed by atoms with E-state index in [4.69, 9.17) is 9.47 Å². The standard InChI is InChI=1S/C20H17F5N4O3/c21-13-6-10(29-19(30)28-8-11-2-1-5-31-11)7-14(22)17(13)32-15-3-4-26-18-16(15)12(9-27-18)20(23,24)25/h3-4,6-7,9,11H,1-2,5,8H2,(H,26,27)(H2,28,29,30)/t11-/m1/s1. The highest BCUT2D eigenvalue weighted by Crippen LogP contribution is 2.40. The fourth-order valence-corrected chi connectivity index (χ4v) is 3.36. The van der Waals surface area contributed by atoms with Gasteiger partial charge >= 0.3 is 12.2 Å². The van der Waals surface area contributed by atoms with Gasteiger partial charge in [0.2, 0.25) is 0 Å². The molecule has 32 heavy (non-hydrogen) atoms. The number of aromatic amines is 1. The molecule has 0 aliphatic carbocycles. The highest BCUT2D eigenvalue weighted by molar-refractivity contribution is 5.89. The zero-order chi connectivity index (χ0) is 22.9. The lowest BCUT2D eigenvalue weighted by molar-refractivity contribution is -0.136. The molecule has 2 aromatic heterocycles. The maximum Gasteiger partial charge on any atom is 0.418 e. The predicted molar refractivity (Wildman–Crippen MR) is 104 cm³/mol. The van der Waals surface area contributed by atoms with Crippen LogP contribution >= 0.6 is 0 Å². The van der Waals surface area contributed by atoms with Gasteiger partial charge in [0.1, 0.15) is 11.4 Å². The third-order valence-electron chi connectivity index (χ3n) is 4.82. The Balaban J connectivity index is 1.53. The number of alkyl halides is 3. The lowest BCUT2D eigenvalue weighted by Gasteiger charge is -2.14. The molecule has 1 fully saturated rings. The number of fused-ring (bicyclic) bond motifs is 1. The fourth-order valence-electron chi connectivity index (χ4n) is 3.36. The Kier molecular flexibility index (Phi) is 5.87. The third kappa shape index (κ3) is 4.59. The van der Waals surface area contributed by atoms with Crippen LogP contribution in [0.2, 0.25) is 0 Å². The number of carbonyl (C=O) groups is 1. The largest absolute Gasteiger partial charge is 0.450 e. The molecule has 0 saturated carbocycles. The molecule has 0 spiro atoms. The van der Waals surface area contributed by atoms with Gasteiger partial charge in [-0.25, -0.2) is 18.6 Å². The number of halogens is 5. The summed E-state index contributed by atoms with van der Waals surface area (Å²) in [5, 5.41) is 4.36. The topological polar surface area (TPSA) is 88.3 Å². The number of amides is 2. The fraction of sp³-hybridized carbons (Fsp3) is 0.300. The Hall–Kier alpha value is -3.41. The normalized spacial score (nSPS) is 16.3. The molecule has 4 rings (SSSR count). The van der Waals surface area contributed by atoms with Crippen molar-refractivity contribution < 1.29 is 36.2 Å². The van der Waals surface area contributed by atoms with Gasteiger partial charge in [-0.15, -0.1) is 0 Å². The summed E-state index contributed by atoms with van der Waals surface area (Å²) in [6, 6.07) is 1.97. The van der Waals surface area contributed by atoms with E-state index in [9.17, 15) is 26.7 Å². The minimum atomic E-state index is -4.73. The van der Waals surface area contributed by atoms with Crippen LogP contribution in [-0.2, 0) is 10.9 Å². The number of anilines is 1. The van der Waals surface area contributed by atoms with Crippen LogP contribution in [0.15, 0.2) is 30.6 Å². The van der Waals surface area contributed by atoms with Crippen LogP contribution in [0.3, 0.4) is 0 Å². The summed E-state index contributed by atoms with van der Waals surface area (Å²) in [7, 11) is 0. The van der Waals surface area contributed by atoms with Crippen molar-refractivity contribution in [3.05, 3.63) is 47.8 Å². The van der Waals surface area contributed by atoms with Crippen molar-refractivity contribution in [2.75, 3.05) is 18.5 Å². The second kappa shape index (κ2) is 8.61. The third-order valence-corrected chi connectivity index (χ3v) is 4.82. The Morgan fingerprint density at radius 1 is 1.28 bits per heavy atom. The molecule has 12 heteroatoms. The van der Waals surface area contributed by atoms with E-state index in [0.717, 1.165) is 37.2 Å². The number of nitrogens with zero attached hydrogens (tertiary/aromatic N) is 1. The van der Waals surface area contributed by atoms with Gasteiger partial charge < -0.3 is 25.1 Å². The number of pyridine rings is 1. The first-order valence-corrected chi connectivity index (χ1v) is 9.59. The van der Waals surface area contributed by atoms with E-state index in [1.165, 1.54) is 0 Å². The van der Waals surface area contributed by atoms with Gasteiger partial charge in [-0.05, 0) is 18.9 Å². The molecule has 0 bridgehead atoms. The second-order valence-corrected chi connectivity index (χ2v) is 7.07. The summed E-state index contributed by atoms with van der Waals surface area (Å²) >= 11 is 0. The number of ether oxygens (including phenoxy) is 2. The number of hydrogen-bond acceptors (Lipinski definition) is 4. The first-order valence-electron chi connectivity index (χ1n) is 9.59. The zero-order valence-corrected chi connectivity index (χ0v) is 16.4. The average molecular weight is 456 g/mol. The molecule has 3 N–H and O–H groups in total. The Morgan fingerprint density at radius 3 is 2.69 bits per heavy atom. The minimum Gasteiger partial charge on any atom is -0.450 e. The summed E-state index contributed by atoms with van der Waals surface area (Å²) in [4.78, 5) is 18.1. The molecule has 1 aromatic carbocycles. The Bertz CT molecular complexity index is 1120. The van der Waals surface area contributed by atoms with Crippen LogP contribution in [0, 0.1) is 11.6 Å². The highest BCUT2D eigenvalue weighted by Gasteiger charge is 2.35. The number of nitrogens with one attached hydrogen (secondary N) is 3. The van der Waals surface area contributed by atoms with Crippen molar-refractivity contribution in [1.29, 1.82) is 0 Å². The van der Waals surface area contributed by atoms with Crippen LogP contribution < -0.4 is 15.4 Å². The quantitative estimate of drug-likeness (QED) is 0.474. The molecule has 1 atom stereocenters. The lowest BCUT2D eigenvalue weighted by Crippen LogP contribution is -2.35. The Labute approximate surface area is 177 Å². The number of hydrogen-bond donors (Lipinski definition) is 3. The first-order chi connectivity index (χ1) is 15.2. The van der Waals surface area contributed by atoms with Crippen molar-refractivity contribution in [3.63, 3.8) is 0 Å². The van der Waals surface area contributed by atoms with E-state index in [-0.39, 0.29) is 24.0 Å². The molecule has 0 unspecified atom stereocenters. The average Bonchev–Trinajstić information content (AvgIpc) is 3.39. The van der Waals surface area contributed by atoms with E-state index < -0.39 is 46.3 Å². The lowest BCUT2D eigenvalue weighted by atomic mass is 10.2. The zero-order valence-electron chi connectivity index (χ0n) is 16.4. The van der Waals surface area contributed by atoms with Gasteiger partial charge in [0.15, 0.2) is 17.4 Å². The number of urea groups is 1. The van der Waals surface area contributed by atoms with Crippen molar-refractivity contribution in [3.8, 4) is 11.5 Å². The van der Waals surface area contributed by atoms with E-state index in [2.05, 4.69) is 20.6 Å². The summed E-state index contributed by atoms with van der Waals surface area (Å²) in [6.45, 7) is 0.858. The molecule has 7 nitrogen and oxygen atoms in total. The van der Waals surface area contributed by atoms with Crippen LogP contribution in [0.5, 0.6) is 11.5 Å². The smallest absolute Gasteiger partial charge is 0.418 e. The number of rotatable bonds is 5. The molecule has 2 amide bonds. The summed E-state index contributed by atoms with van der Waals surface area (Å²) in [5.41, 5.74) is -1.44. The number of aromatic nitrogens is 2. The van der Waals surface area contributed by atoms with Crippen molar-refractivity contribution in [2.24, 2.45) is 0 Å². The van der Waals surface area contributed by atoms with E-state index in [0.29, 0.717) is 12.8 Å². The summed E-state index contributed by atoms with van der Waals surface area (Å²) in [6.07, 6.45) is -1.33. The van der Waals surface area contributed by atoms with Gasteiger partial charge in [0.25, 0.3) is 0 Å². The molecule has 3 aromatic rings. The van der Waals surface area contributed by atoms with Crippen LogP contribution in [0.1, 0.15) is 18.4 Å². The van der Waals surface area contributed by atoms with Crippen LogP contribution in [0.4, 0.5) is 32.4 Å². The maximum atomic E-state index is 14.5. The number of carbonyl (C=O) groups excluding carboxylic acids is 1. The molecule has 1 saturated heterocycles. The number of H-pyrrole nitrogens is 1. The van der Waals surface area contributed by atoms with Crippen molar-refractivity contribution in [2.45, 2.75) is 25.1 Å². The molecule has 1 aliphatic rings. The van der Waals surface area contributed by atoms with Gasteiger partial charge in [-0.3, -0.25) is 0 Å². The predicted octanol–water partition coefficient (Wildman–Crippen LogP) is 4.95. The first kappa shape index (κ1) is 21.8. The van der Waals surface area contributed by atoms with Crippen molar-refractivity contribution in [1.82, 2.24) is 15.3 Å². The maximum absolute atomic E-state index is 14.5. The van der Waals surface area contributed by atoms with Crippen molar-refractivity contribution >= 4 is 22.8 Å². The molecular formula is C20H17F5N4O3.